The summed E-state index contributed by atoms with van der Waals surface area (Å²) in [4.78, 5) is 21.2. The average Bonchev–Trinajstić information content (AvgIpc) is 3.48. The van der Waals surface area contributed by atoms with Crippen molar-refractivity contribution in [3.8, 4) is 17.7 Å². The number of benzene rings is 1. The van der Waals surface area contributed by atoms with Crippen LogP contribution in [0.15, 0.2) is 39.8 Å². The monoisotopic (exact) mass is 500 g/mol. The van der Waals surface area contributed by atoms with E-state index in [2.05, 4.69) is 32.3 Å². The van der Waals surface area contributed by atoms with Crippen molar-refractivity contribution in [1.29, 1.82) is 0 Å². The molecule has 1 spiro atoms. The number of ether oxygens (including phenoxy) is 1. The third-order valence-electron chi connectivity index (χ3n) is 5.24. The van der Waals surface area contributed by atoms with E-state index in [0.717, 1.165) is 23.4 Å². The standard InChI is InChI=1S/C21H13ClN4O5S2/c22-15-14(24-20(28)29-10-11-4-2-1-3-5-11)12(30-26-15)6-7-13-23-16-17(32-13)25-18-21(8-9-21)19(27)33(18)31-16/h1-5,27H,8-10H2,(H,24,28). The van der Waals surface area contributed by atoms with Crippen LogP contribution in [0.2, 0.25) is 5.15 Å². The number of aliphatic hydroxyl groups excluding tert-OH is 1. The van der Waals surface area contributed by atoms with Gasteiger partial charge < -0.3 is 18.5 Å². The van der Waals surface area contributed by atoms with Gasteiger partial charge in [0.1, 0.15) is 22.4 Å². The number of nitrogens with zero attached hydrogens (tertiary/aromatic N) is 3. The lowest BCUT2D eigenvalue weighted by molar-refractivity contribution is 0.155. The lowest BCUT2D eigenvalue weighted by atomic mass is 10.1. The molecule has 33 heavy (non-hydrogen) atoms. The summed E-state index contributed by atoms with van der Waals surface area (Å²) in [6.07, 6.45) is 1.09. The number of anilines is 1. The van der Waals surface area contributed by atoms with Crippen molar-refractivity contribution in [3.63, 3.8) is 0 Å². The highest BCUT2D eigenvalue weighted by Crippen LogP contribution is 2.64. The molecule has 3 aromatic rings. The second-order valence-corrected chi connectivity index (χ2v) is 10.2. The molecule has 0 saturated heterocycles. The molecule has 12 heteroatoms. The molecule has 3 aliphatic rings. The molecule has 4 heterocycles. The summed E-state index contributed by atoms with van der Waals surface area (Å²) in [5.41, 5.74) is 0.688. The molecule has 9 nitrogen and oxygen atoms in total. The highest BCUT2D eigenvalue weighted by atomic mass is 35.5. The number of halogens is 1. The zero-order valence-electron chi connectivity index (χ0n) is 16.6. The highest BCUT2D eigenvalue weighted by molar-refractivity contribution is 8.27. The number of carbonyl (C=O) groups is 1. The van der Waals surface area contributed by atoms with Gasteiger partial charge in [0.05, 0.1) is 16.2 Å². The molecule has 1 aromatic carbocycles. The second-order valence-electron chi connectivity index (χ2n) is 7.40. The Morgan fingerprint density at radius 2 is 2.15 bits per heavy atom. The maximum Gasteiger partial charge on any atom is 0.412 e. The largest absolute Gasteiger partial charge is 0.444 e. The van der Waals surface area contributed by atoms with Crippen LogP contribution >= 0.6 is 33.7 Å². The van der Waals surface area contributed by atoms with Crippen LogP contribution < -0.4 is 9.50 Å². The third kappa shape index (κ3) is 3.52. The molecule has 2 aliphatic heterocycles. The number of fused-ring (bicyclic) bond motifs is 3. The van der Waals surface area contributed by atoms with Gasteiger partial charge in [0, 0.05) is 0 Å². The number of thiazole rings is 1. The Morgan fingerprint density at radius 3 is 2.94 bits per heavy atom. The Balaban J connectivity index is 1.18. The van der Waals surface area contributed by atoms with E-state index >= 15 is 0 Å². The van der Waals surface area contributed by atoms with E-state index in [4.69, 9.17) is 25.0 Å². The number of aromatic nitrogens is 2. The molecule has 1 atom stereocenters. The van der Waals surface area contributed by atoms with Crippen molar-refractivity contribution < 1.29 is 23.3 Å². The van der Waals surface area contributed by atoms with Gasteiger partial charge in [-0.1, -0.05) is 58.4 Å². The van der Waals surface area contributed by atoms with Crippen LogP contribution in [0.4, 0.5) is 15.5 Å². The molecule has 6 rings (SSSR count). The summed E-state index contributed by atoms with van der Waals surface area (Å²) < 4.78 is 16.1. The number of hydrogen-bond donors (Lipinski definition) is 2. The first-order valence-corrected chi connectivity index (χ1v) is 12.1. The van der Waals surface area contributed by atoms with Crippen molar-refractivity contribution in [3.05, 3.63) is 51.8 Å². The third-order valence-corrected chi connectivity index (χ3v) is 8.24. The van der Waals surface area contributed by atoms with Crippen LogP contribution in [0, 0.1) is 17.3 Å². The second kappa shape index (κ2) is 7.71. The number of aliphatic imine (C=N–C) groups is 1. The molecule has 1 unspecified atom stereocenters. The first-order valence-electron chi connectivity index (χ1n) is 9.77. The molecule has 0 bridgehead atoms. The summed E-state index contributed by atoms with van der Waals surface area (Å²) in [6.45, 7) is 0.0969. The van der Waals surface area contributed by atoms with Gasteiger partial charge in [-0.25, -0.2) is 9.79 Å². The Morgan fingerprint density at radius 1 is 1.33 bits per heavy atom. The summed E-state index contributed by atoms with van der Waals surface area (Å²) >= 11 is 7.30. The SMILES string of the molecule is O=C(Nc1c(Cl)noc1C#Cc1nc2c(s1)N=C1S(=C(O)C13CC3)O2)OCc1ccccc1. The smallest absolute Gasteiger partial charge is 0.412 e. The van der Waals surface area contributed by atoms with Gasteiger partial charge in [-0.15, -0.1) is 0 Å². The molecule has 1 aliphatic carbocycles. The Bertz CT molecular complexity index is 1430. The lowest BCUT2D eigenvalue weighted by Crippen LogP contribution is -2.38. The van der Waals surface area contributed by atoms with Crippen molar-refractivity contribution in [2.24, 2.45) is 10.4 Å². The van der Waals surface area contributed by atoms with Crippen LogP contribution in [0.25, 0.3) is 0 Å². The molecular weight excluding hydrogens is 488 g/mol. The first-order chi connectivity index (χ1) is 16.0. The fourth-order valence-electron chi connectivity index (χ4n) is 3.36. The number of aliphatic hydroxyl groups is 1. The molecule has 1 amide bonds. The van der Waals surface area contributed by atoms with E-state index in [1.165, 1.54) is 11.3 Å². The predicted molar refractivity (Wildman–Crippen MR) is 124 cm³/mol. The van der Waals surface area contributed by atoms with Crippen LogP contribution in [0.5, 0.6) is 5.88 Å². The summed E-state index contributed by atoms with van der Waals surface area (Å²) in [6, 6.07) is 9.26. The first kappa shape index (κ1) is 20.4. The molecule has 2 N–H and O–H groups in total. The summed E-state index contributed by atoms with van der Waals surface area (Å²) in [5.74, 6) is 6.03. The Labute approximate surface area is 198 Å². The fraction of sp³-hybridized carbons (Fsp3) is 0.190. The molecular formula is C21H13ClN4O5S2. The topological polar surface area (TPSA) is 119 Å². The van der Waals surface area contributed by atoms with Crippen molar-refractivity contribution in [2.45, 2.75) is 19.4 Å². The normalized spacial score (nSPS) is 18.7. The van der Waals surface area contributed by atoms with Crippen LogP contribution in [0.3, 0.4) is 0 Å². The fourth-order valence-corrected chi connectivity index (χ4v) is 6.31. The minimum atomic E-state index is -0.806. The Kier molecular flexibility index (Phi) is 4.77. The average molecular weight is 501 g/mol. The van der Waals surface area contributed by atoms with E-state index in [-0.39, 0.29) is 28.6 Å². The predicted octanol–water partition coefficient (Wildman–Crippen LogP) is 5.02. The maximum atomic E-state index is 12.2. The van der Waals surface area contributed by atoms with Gasteiger partial charge >= 0.3 is 6.09 Å². The molecule has 0 radical (unpaired) electrons. The minimum absolute atomic E-state index is 0.0531. The van der Waals surface area contributed by atoms with Crippen molar-refractivity contribution in [1.82, 2.24) is 10.1 Å². The highest BCUT2D eigenvalue weighted by Gasteiger charge is 2.62. The van der Waals surface area contributed by atoms with E-state index in [9.17, 15) is 9.90 Å². The number of nitrogens with one attached hydrogen (secondary N) is 1. The quantitative estimate of drug-likeness (QED) is 0.382. The lowest BCUT2D eigenvalue weighted by Gasteiger charge is -2.33. The van der Waals surface area contributed by atoms with Crippen molar-refractivity contribution in [2.75, 3.05) is 5.32 Å². The Hall–Kier alpha value is -3.17. The zero-order valence-corrected chi connectivity index (χ0v) is 19.0. The van der Waals surface area contributed by atoms with E-state index in [1.807, 2.05) is 30.3 Å². The van der Waals surface area contributed by atoms with Crippen LogP contribution in [-0.2, 0) is 11.3 Å². The van der Waals surface area contributed by atoms with E-state index < -0.39 is 16.9 Å². The molecule has 1 saturated carbocycles. The van der Waals surface area contributed by atoms with Crippen molar-refractivity contribution >= 4 is 60.6 Å². The molecule has 1 fully saturated rings. The van der Waals surface area contributed by atoms with Gasteiger partial charge in [0.15, 0.2) is 15.2 Å². The van der Waals surface area contributed by atoms with E-state index in [1.54, 1.807) is 0 Å². The van der Waals surface area contributed by atoms with Gasteiger partial charge in [-0.05, 0) is 30.2 Å². The van der Waals surface area contributed by atoms with Gasteiger partial charge in [0.25, 0.3) is 5.88 Å². The molecule has 166 valence electrons. The number of rotatable bonds is 3. The van der Waals surface area contributed by atoms with Gasteiger partial charge in [0.2, 0.25) is 5.76 Å². The number of hydrogen-bond acceptors (Lipinski definition) is 8. The van der Waals surface area contributed by atoms with Gasteiger partial charge in [-0.2, -0.15) is 4.98 Å². The summed E-state index contributed by atoms with van der Waals surface area (Å²) in [7, 11) is -0.806. The van der Waals surface area contributed by atoms with Gasteiger partial charge in [-0.3, -0.25) is 5.32 Å². The summed E-state index contributed by atoms with van der Waals surface area (Å²) in [5, 5.41) is 18.6. The zero-order chi connectivity index (χ0) is 22.6. The maximum absolute atomic E-state index is 12.2. The molecule has 2 aromatic heterocycles. The van der Waals surface area contributed by atoms with Crippen LogP contribution in [0.1, 0.15) is 29.2 Å². The van der Waals surface area contributed by atoms with Crippen LogP contribution in [-0.4, -0.2) is 31.4 Å². The number of amides is 1. The minimum Gasteiger partial charge on any atom is -0.444 e. The van der Waals surface area contributed by atoms with E-state index in [0.29, 0.717) is 20.9 Å². The number of carbonyl (C=O) groups excluding carboxylic acids is 1.